The van der Waals surface area contributed by atoms with E-state index in [-0.39, 0.29) is 5.91 Å². The minimum Gasteiger partial charge on any atom is -0.366 e. The number of amides is 1. The van der Waals surface area contributed by atoms with Gasteiger partial charge < -0.3 is 10.6 Å². The van der Waals surface area contributed by atoms with Gasteiger partial charge in [0.15, 0.2) is 5.82 Å². The summed E-state index contributed by atoms with van der Waals surface area (Å²) in [4.78, 5) is 12.1. The Morgan fingerprint density at radius 3 is 2.46 bits per heavy atom. The minimum absolute atomic E-state index is 0.0772. The number of anilines is 2. The molecule has 0 unspecified atom stereocenters. The Kier molecular flexibility index (Phi) is 5.41. The highest BCUT2D eigenvalue weighted by Gasteiger charge is 2.13. The van der Waals surface area contributed by atoms with Gasteiger partial charge in [-0.3, -0.25) is 4.79 Å². The monoisotopic (exact) mass is 324 g/mol. The van der Waals surface area contributed by atoms with Crippen molar-refractivity contribution in [1.29, 1.82) is 0 Å². The van der Waals surface area contributed by atoms with E-state index < -0.39 is 0 Å². The van der Waals surface area contributed by atoms with E-state index in [2.05, 4.69) is 20.8 Å². The van der Waals surface area contributed by atoms with Gasteiger partial charge in [0, 0.05) is 6.04 Å². The lowest BCUT2D eigenvalue weighted by atomic mass is 9.95. The van der Waals surface area contributed by atoms with Crippen LogP contribution < -0.4 is 10.6 Å². The number of hydrogen-bond donors (Lipinski definition) is 2. The smallest absolute Gasteiger partial charge is 0.230 e. The molecule has 126 valence electrons. The van der Waals surface area contributed by atoms with E-state index in [4.69, 9.17) is 0 Å². The van der Waals surface area contributed by atoms with Crippen LogP contribution in [0.1, 0.15) is 43.2 Å². The summed E-state index contributed by atoms with van der Waals surface area (Å²) >= 11 is 0. The first kappa shape index (κ1) is 16.4. The van der Waals surface area contributed by atoms with E-state index in [0.29, 0.717) is 18.3 Å². The predicted molar refractivity (Wildman–Crippen MR) is 96.0 cm³/mol. The number of rotatable bonds is 5. The highest BCUT2D eigenvalue weighted by Crippen LogP contribution is 2.20. The fourth-order valence-electron chi connectivity index (χ4n) is 3.10. The van der Waals surface area contributed by atoms with Crippen LogP contribution in [-0.2, 0) is 11.2 Å². The van der Waals surface area contributed by atoms with Gasteiger partial charge in [0.2, 0.25) is 5.91 Å². The average Bonchev–Trinajstić information content (AvgIpc) is 2.60. The Bertz CT molecular complexity index is 678. The summed E-state index contributed by atoms with van der Waals surface area (Å²) in [5.74, 6) is 1.19. The molecule has 0 atom stereocenters. The maximum absolute atomic E-state index is 12.1. The summed E-state index contributed by atoms with van der Waals surface area (Å²) in [5.41, 5.74) is 2.14. The summed E-state index contributed by atoms with van der Waals surface area (Å²) in [7, 11) is 0. The highest BCUT2D eigenvalue weighted by atomic mass is 16.1. The van der Waals surface area contributed by atoms with Crippen LogP contribution in [0.15, 0.2) is 36.4 Å². The van der Waals surface area contributed by atoms with Crippen LogP contribution in [0.2, 0.25) is 0 Å². The van der Waals surface area contributed by atoms with E-state index in [1.165, 1.54) is 32.1 Å². The molecule has 24 heavy (non-hydrogen) atoms. The molecule has 1 aromatic carbocycles. The van der Waals surface area contributed by atoms with Crippen molar-refractivity contribution in [2.75, 3.05) is 10.6 Å². The molecule has 0 spiro atoms. The Labute approximate surface area is 142 Å². The summed E-state index contributed by atoms with van der Waals surface area (Å²) in [6.45, 7) is 2.01. The van der Waals surface area contributed by atoms with Crippen molar-refractivity contribution in [2.45, 2.75) is 51.5 Å². The van der Waals surface area contributed by atoms with Crippen LogP contribution in [0, 0.1) is 6.92 Å². The van der Waals surface area contributed by atoms with Gasteiger partial charge in [0.05, 0.1) is 6.42 Å². The number of carbonyl (C=O) groups is 1. The quantitative estimate of drug-likeness (QED) is 0.880. The number of hydrogen-bond acceptors (Lipinski definition) is 4. The zero-order valence-electron chi connectivity index (χ0n) is 14.1. The minimum atomic E-state index is -0.0772. The Morgan fingerprint density at radius 2 is 1.75 bits per heavy atom. The first-order valence-electron chi connectivity index (χ1n) is 8.65. The first-order chi connectivity index (χ1) is 11.7. The standard InChI is InChI=1S/C19H24N4O/c1-14-7-5-6-8-15(14)13-19(24)21-18-12-11-17(22-23-18)20-16-9-3-2-4-10-16/h5-8,11-12,16H,2-4,9-10,13H2,1H3,(H,20,22)(H,21,23,24). The molecule has 0 aliphatic heterocycles. The maximum atomic E-state index is 12.1. The molecule has 5 heteroatoms. The molecule has 0 bridgehead atoms. The second-order valence-electron chi connectivity index (χ2n) is 6.43. The van der Waals surface area contributed by atoms with Gasteiger partial charge in [-0.25, -0.2) is 0 Å². The van der Waals surface area contributed by atoms with Crippen molar-refractivity contribution in [3.63, 3.8) is 0 Å². The number of nitrogens with zero attached hydrogens (tertiary/aromatic N) is 2. The molecule has 1 aromatic heterocycles. The lowest BCUT2D eigenvalue weighted by molar-refractivity contribution is -0.115. The van der Waals surface area contributed by atoms with Crippen LogP contribution in [0.25, 0.3) is 0 Å². The number of aromatic nitrogens is 2. The van der Waals surface area contributed by atoms with E-state index in [1.54, 1.807) is 6.07 Å². The third kappa shape index (κ3) is 4.54. The third-order valence-corrected chi connectivity index (χ3v) is 4.50. The fourth-order valence-corrected chi connectivity index (χ4v) is 3.10. The van der Waals surface area contributed by atoms with Crippen molar-refractivity contribution in [3.8, 4) is 0 Å². The van der Waals surface area contributed by atoms with Crippen LogP contribution in [-0.4, -0.2) is 22.1 Å². The summed E-state index contributed by atoms with van der Waals surface area (Å²) in [5, 5.41) is 14.5. The van der Waals surface area contributed by atoms with Gasteiger partial charge in [-0.05, 0) is 43.0 Å². The molecule has 1 fully saturated rings. The fraction of sp³-hybridized carbons (Fsp3) is 0.421. The zero-order valence-corrected chi connectivity index (χ0v) is 14.1. The van der Waals surface area contributed by atoms with Crippen LogP contribution >= 0.6 is 0 Å². The molecule has 1 aliphatic carbocycles. The van der Waals surface area contributed by atoms with E-state index in [0.717, 1.165) is 16.9 Å². The highest BCUT2D eigenvalue weighted by molar-refractivity contribution is 5.91. The molecule has 1 aliphatic rings. The third-order valence-electron chi connectivity index (χ3n) is 4.50. The molecular weight excluding hydrogens is 300 g/mol. The Hall–Kier alpha value is -2.43. The molecule has 0 radical (unpaired) electrons. The van der Waals surface area contributed by atoms with Crippen molar-refractivity contribution >= 4 is 17.5 Å². The Balaban J connectivity index is 1.53. The number of nitrogens with one attached hydrogen (secondary N) is 2. The number of benzene rings is 1. The van der Waals surface area contributed by atoms with Crippen molar-refractivity contribution in [2.24, 2.45) is 0 Å². The van der Waals surface area contributed by atoms with Gasteiger partial charge in [0.25, 0.3) is 0 Å². The van der Waals surface area contributed by atoms with Crippen LogP contribution in [0.3, 0.4) is 0 Å². The topological polar surface area (TPSA) is 66.9 Å². The Morgan fingerprint density at radius 1 is 1.04 bits per heavy atom. The summed E-state index contributed by atoms with van der Waals surface area (Å²) < 4.78 is 0. The molecule has 5 nitrogen and oxygen atoms in total. The van der Waals surface area contributed by atoms with Crippen molar-refractivity contribution in [3.05, 3.63) is 47.5 Å². The van der Waals surface area contributed by atoms with Crippen molar-refractivity contribution in [1.82, 2.24) is 10.2 Å². The summed E-state index contributed by atoms with van der Waals surface area (Å²) in [6, 6.07) is 12.1. The first-order valence-corrected chi connectivity index (χ1v) is 8.65. The van der Waals surface area contributed by atoms with E-state index in [1.807, 2.05) is 37.3 Å². The zero-order chi connectivity index (χ0) is 16.8. The summed E-state index contributed by atoms with van der Waals surface area (Å²) in [6.07, 6.45) is 6.61. The SMILES string of the molecule is Cc1ccccc1CC(=O)Nc1ccc(NC2CCCCC2)nn1. The van der Waals surface area contributed by atoms with Gasteiger partial charge in [0.1, 0.15) is 5.82 Å². The molecule has 2 N–H and O–H groups in total. The van der Waals surface area contributed by atoms with Gasteiger partial charge >= 0.3 is 0 Å². The second kappa shape index (κ2) is 7.90. The average molecular weight is 324 g/mol. The molecule has 1 heterocycles. The molecule has 3 rings (SSSR count). The lowest BCUT2D eigenvalue weighted by Crippen LogP contribution is -2.23. The molecular formula is C19H24N4O. The lowest BCUT2D eigenvalue weighted by Gasteiger charge is -2.22. The van der Waals surface area contributed by atoms with E-state index in [9.17, 15) is 4.79 Å². The maximum Gasteiger partial charge on any atom is 0.230 e. The molecule has 0 saturated heterocycles. The van der Waals surface area contributed by atoms with Crippen molar-refractivity contribution < 1.29 is 4.79 Å². The molecule has 2 aromatic rings. The van der Waals surface area contributed by atoms with Gasteiger partial charge in [-0.1, -0.05) is 43.5 Å². The van der Waals surface area contributed by atoms with Crippen LogP contribution in [0.4, 0.5) is 11.6 Å². The van der Waals surface area contributed by atoms with Crippen LogP contribution in [0.5, 0.6) is 0 Å². The van der Waals surface area contributed by atoms with Gasteiger partial charge in [-0.2, -0.15) is 0 Å². The number of carbonyl (C=O) groups excluding carboxylic acids is 1. The largest absolute Gasteiger partial charge is 0.366 e. The molecule has 1 amide bonds. The van der Waals surface area contributed by atoms with Gasteiger partial charge in [-0.15, -0.1) is 10.2 Å². The van der Waals surface area contributed by atoms with E-state index >= 15 is 0 Å². The predicted octanol–water partition coefficient (Wildman–Crippen LogP) is 3.71. The second-order valence-corrected chi connectivity index (χ2v) is 6.43. The number of aryl methyl sites for hydroxylation is 1. The molecule has 1 saturated carbocycles. The normalized spacial score (nSPS) is 15.0.